The van der Waals surface area contributed by atoms with Crippen molar-refractivity contribution < 1.29 is 4.79 Å². The molecule has 0 aliphatic heterocycles. The molecule has 0 atom stereocenters. The van der Waals surface area contributed by atoms with Gasteiger partial charge in [-0.1, -0.05) is 45.0 Å². The quantitative estimate of drug-likeness (QED) is 0.710. The summed E-state index contributed by atoms with van der Waals surface area (Å²) >= 11 is 0. The van der Waals surface area contributed by atoms with Crippen LogP contribution in [-0.2, 0) is 17.6 Å². The van der Waals surface area contributed by atoms with Crippen molar-refractivity contribution in [3.8, 4) is 0 Å². The van der Waals surface area contributed by atoms with Crippen molar-refractivity contribution in [3.05, 3.63) is 35.4 Å². The molecule has 0 heterocycles. The molecule has 1 nitrogen and oxygen atoms in total. The van der Waals surface area contributed by atoms with E-state index in [0.29, 0.717) is 24.5 Å². The predicted molar refractivity (Wildman–Crippen MR) is 68.6 cm³/mol. The summed E-state index contributed by atoms with van der Waals surface area (Å²) in [6.07, 6.45) is 3.35. The first-order valence-electron chi connectivity index (χ1n) is 6.21. The normalized spacial score (nSPS) is 10.8. The molecule has 1 rings (SSSR count). The maximum atomic E-state index is 11.2. The number of ketones is 1. The summed E-state index contributed by atoms with van der Waals surface area (Å²) in [5.74, 6) is 1.04. The molecule has 0 saturated carbocycles. The fourth-order valence-corrected chi connectivity index (χ4v) is 1.84. The van der Waals surface area contributed by atoms with Gasteiger partial charge < -0.3 is 0 Å². The number of benzene rings is 1. The molecule has 0 unspecified atom stereocenters. The van der Waals surface area contributed by atoms with E-state index < -0.39 is 0 Å². The zero-order valence-electron chi connectivity index (χ0n) is 10.6. The fraction of sp³-hybridized carbons (Fsp3) is 0.533. The van der Waals surface area contributed by atoms with Crippen molar-refractivity contribution in [2.45, 2.75) is 46.5 Å². The molecular weight excluding hydrogens is 196 g/mol. The van der Waals surface area contributed by atoms with Gasteiger partial charge in [0.05, 0.1) is 0 Å². The summed E-state index contributed by atoms with van der Waals surface area (Å²) in [7, 11) is 0. The summed E-state index contributed by atoms with van der Waals surface area (Å²) in [6, 6.07) is 8.63. The first-order chi connectivity index (χ1) is 7.61. The Labute approximate surface area is 98.9 Å². The van der Waals surface area contributed by atoms with Crippen LogP contribution >= 0.6 is 0 Å². The van der Waals surface area contributed by atoms with Gasteiger partial charge >= 0.3 is 0 Å². The Morgan fingerprint density at radius 3 is 2.56 bits per heavy atom. The fourth-order valence-electron chi connectivity index (χ4n) is 1.84. The van der Waals surface area contributed by atoms with Crippen molar-refractivity contribution >= 4 is 5.78 Å². The topological polar surface area (TPSA) is 17.1 Å². The Kier molecular flexibility index (Phi) is 5.24. The second-order valence-corrected chi connectivity index (χ2v) is 4.81. The number of rotatable bonds is 6. The van der Waals surface area contributed by atoms with Gasteiger partial charge in [0.15, 0.2) is 0 Å². The Hall–Kier alpha value is -1.11. The molecule has 0 saturated heterocycles. The van der Waals surface area contributed by atoms with Crippen LogP contribution in [0.3, 0.4) is 0 Å². The smallest absolute Gasteiger partial charge is 0.132 e. The third-order valence-corrected chi connectivity index (χ3v) is 2.72. The van der Waals surface area contributed by atoms with Gasteiger partial charge in [-0.15, -0.1) is 0 Å². The monoisotopic (exact) mass is 218 g/mol. The van der Waals surface area contributed by atoms with Gasteiger partial charge in [0.2, 0.25) is 0 Å². The van der Waals surface area contributed by atoms with Crippen molar-refractivity contribution in [3.63, 3.8) is 0 Å². The van der Waals surface area contributed by atoms with Crippen LogP contribution in [0.4, 0.5) is 0 Å². The molecule has 0 aliphatic carbocycles. The van der Waals surface area contributed by atoms with Crippen LogP contribution < -0.4 is 0 Å². The highest BCUT2D eigenvalue weighted by Crippen LogP contribution is 2.12. The molecule has 0 aliphatic rings. The Morgan fingerprint density at radius 1 is 1.25 bits per heavy atom. The maximum absolute atomic E-state index is 11.2. The third kappa shape index (κ3) is 4.61. The van der Waals surface area contributed by atoms with Gasteiger partial charge in [-0.25, -0.2) is 0 Å². The van der Waals surface area contributed by atoms with Crippen molar-refractivity contribution in [1.29, 1.82) is 0 Å². The van der Waals surface area contributed by atoms with Crippen LogP contribution in [0.15, 0.2) is 24.3 Å². The number of carbonyl (C=O) groups excluding carboxylic acids is 1. The van der Waals surface area contributed by atoms with Crippen LogP contribution in [0.1, 0.15) is 44.7 Å². The van der Waals surface area contributed by atoms with Crippen molar-refractivity contribution in [1.82, 2.24) is 0 Å². The SMILES string of the molecule is CCC(=O)CCc1cccc(CC(C)C)c1. The van der Waals surface area contributed by atoms with Crippen molar-refractivity contribution in [2.75, 3.05) is 0 Å². The standard InChI is InChI=1S/C15H22O/c1-4-15(16)9-8-13-6-5-7-14(11-13)10-12(2)3/h5-7,11-12H,4,8-10H2,1-3H3. The van der Waals surface area contributed by atoms with Gasteiger partial charge in [-0.2, -0.15) is 0 Å². The van der Waals surface area contributed by atoms with Gasteiger partial charge in [0, 0.05) is 12.8 Å². The first kappa shape index (κ1) is 13.0. The highest BCUT2D eigenvalue weighted by Gasteiger charge is 2.02. The molecule has 16 heavy (non-hydrogen) atoms. The number of carbonyl (C=O) groups is 1. The third-order valence-electron chi connectivity index (χ3n) is 2.72. The second-order valence-electron chi connectivity index (χ2n) is 4.81. The average molecular weight is 218 g/mol. The molecule has 0 fully saturated rings. The van der Waals surface area contributed by atoms with Crippen LogP contribution in [-0.4, -0.2) is 5.78 Å². The minimum atomic E-state index is 0.356. The summed E-state index contributed by atoms with van der Waals surface area (Å²) in [5, 5.41) is 0. The summed E-state index contributed by atoms with van der Waals surface area (Å²) in [5.41, 5.74) is 2.68. The Balaban J connectivity index is 2.56. The number of Topliss-reactive ketones (excluding diaryl/α,β-unsaturated/α-hetero) is 1. The van der Waals surface area contributed by atoms with E-state index in [1.165, 1.54) is 11.1 Å². The molecule has 0 bridgehead atoms. The van der Waals surface area contributed by atoms with E-state index in [4.69, 9.17) is 0 Å². The lowest BCUT2D eigenvalue weighted by molar-refractivity contribution is -0.118. The Bertz CT molecular complexity index is 339. The highest BCUT2D eigenvalue weighted by molar-refractivity contribution is 5.78. The maximum Gasteiger partial charge on any atom is 0.132 e. The van der Waals surface area contributed by atoms with Crippen LogP contribution in [0.5, 0.6) is 0 Å². The molecule has 0 N–H and O–H groups in total. The first-order valence-corrected chi connectivity index (χ1v) is 6.21. The predicted octanol–water partition coefficient (Wildman–Crippen LogP) is 3.80. The minimum absolute atomic E-state index is 0.356. The van der Waals surface area contributed by atoms with Gasteiger partial charge in [0.25, 0.3) is 0 Å². The van der Waals surface area contributed by atoms with Gasteiger partial charge in [-0.3, -0.25) is 4.79 Å². The van der Waals surface area contributed by atoms with Gasteiger partial charge in [0.1, 0.15) is 5.78 Å². The van der Waals surface area contributed by atoms with Crippen LogP contribution in [0.25, 0.3) is 0 Å². The van der Waals surface area contributed by atoms with Crippen LogP contribution in [0, 0.1) is 5.92 Å². The molecule has 1 heteroatoms. The summed E-state index contributed by atoms with van der Waals surface area (Å²) in [6.45, 7) is 6.39. The van der Waals surface area contributed by atoms with E-state index in [1.807, 2.05) is 6.92 Å². The molecule has 1 aromatic rings. The zero-order chi connectivity index (χ0) is 12.0. The van der Waals surface area contributed by atoms with E-state index in [0.717, 1.165) is 12.8 Å². The van der Waals surface area contributed by atoms with Crippen LogP contribution in [0.2, 0.25) is 0 Å². The highest BCUT2D eigenvalue weighted by atomic mass is 16.1. The van der Waals surface area contributed by atoms with Gasteiger partial charge in [-0.05, 0) is 29.9 Å². The largest absolute Gasteiger partial charge is 0.300 e. The molecule has 0 radical (unpaired) electrons. The number of hydrogen-bond donors (Lipinski definition) is 0. The molecular formula is C15H22O. The Morgan fingerprint density at radius 2 is 1.94 bits per heavy atom. The molecule has 0 aromatic heterocycles. The van der Waals surface area contributed by atoms with E-state index >= 15 is 0 Å². The summed E-state index contributed by atoms with van der Waals surface area (Å²) < 4.78 is 0. The minimum Gasteiger partial charge on any atom is -0.300 e. The number of aryl methyl sites for hydroxylation is 1. The van der Waals surface area contributed by atoms with E-state index in [9.17, 15) is 4.79 Å². The molecule has 0 spiro atoms. The van der Waals surface area contributed by atoms with E-state index in [2.05, 4.69) is 38.1 Å². The van der Waals surface area contributed by atoms with E-state index in [-0.39, 0.29) is 0 Å². The number of hydrogen-bond acceptors (Lipinski definition) is 1. The van der Waals surface area contributed by atoms with Crippen molar-refractivity contribution in [2.24, 2.45) is 5.92 Å². The molecule has 0 amide bonds. The lowest BCUT2D eigenvalue weighted by atomic mass is 9.99. The lowest BCUT2D eigenvalue weighted by Gasteiger charge is -2.07. The zero-order valence-corrected chi connectivity index (χ0v) is 10.6. The lowest BCUT2D eigenvalue weighted by Crippen LogP contribution is -1.99. The summed E-state index contributed by atoms with van der Waals surface area (Å²) in [4.78, 5) is 11.2. The molecule has 1 aromatic carbocycles. The second kappa shape index (κ2) is 6.47. The molecule has 88 valence electrons. The van der Waals surface area contributed by atoms with E-state index in [1.54, 1.807) is 0 Å². The average Bonchev–Trinajstić information content (AvgIpc) is 2.25.